The number of carbonyl (C=O) groups excluding carboxylic acids is 2. The van der Waals surface area contributed by atoms with Crippen LogP contribution in [-0.4, -0.2) is 67.1 Å². The van der Waals surface area contributed by atoms with E-state index in [1.165, 1.54) is 0 Å². The topological polar surface area (TPSA) is 74.8 Å². The Hall–Kier alpha value is -2.35. The summed E-state index contributed by atoms with van der Waals surface area (Å²) in [6, 6.07) is 8.51. The number of hydrogen-bond acceptors (Lipinski definition) is 5. The minimum Gasteiger partial charge on any atom is -0.376 e. The Morgan fingerprint density at radius 3 is 2.61 bits per heavy atom. The van der Waals surface area contributed by atoms with E-state index < -0.39 is 0 Å². The molecule has 0 bridgehead atoms. The number of nitrogens with one attached hydrogen (secondary N) is 1. The standard InChI is InChI=1S/C22H24Cl2N4O3/c23-16-4-5-19(24)18(12-16)22(30)28-9-7-27(8-10-28)20-6-3-15(13-25-20)21(29)26-14-17-2-1-11-31-17/h3-6,12-13,17H,1-2,7-11,14H2,(H,26,29). The number of aromatic nitrogens is 1. The Morgan fingerprint density at radius 1 is 1.13 bits per heavy atom. The monoisotopic (exact) mass is 462 g/mol. The van der Waals surface area contributed by atoms with Crippen molar-refractivity contribution < 1.29 is 14.3 Å². The zero-order valence-electron chi connectivity index (χ0n) is 17.0. The SMILES string of the molecule is O=C(NCC1CCCO1)c1ccc(N2CCN(C(=O)c3cc(Cl)ccc3Cl)CC2)nc1. The Bertz CT molecular complexity index is 940. The maximum absolute atomic E-state index is 12.8. The lowest BCUT2D eigenvalue weighted by Crippen LogP contribution is -2.49. The number of nitrogens with zero attached hydrogens (tertiary/aromatic N) is 3. The molecule has 2 fully saturated rings. The minimum atomic E-state index is -0.150. The first-order chi connectivity index (χ1) is 15.0. The number of ether oxygens (including phenoxy) is 1. The molecule has 31 heavy (non-hydrogen) atoms. The van der Waals surface area contributed by atoms with E-state index in [-0.39, 0.29) is 17.9 Å². The molecule has 2 saturated heterocycles. The maximum atomic E-state index is 12.8. The zero-order chi connectivity index (χ0) is 21.8. The predicted molar refractivity (Wildman–Crippen MR) is 120 cm³/mol. The van der Waals surface area contributed by atoms with E-state index in [0.29, 0.717) is 53.9 Å². The Labute approximate surface area is 191 Å². The van der Waals surface area contributed by atoms with Gasteiger partial charge < -0.3 is 19.9 Å². The molecule has 1 unspecified atom stereocenters. The second-order valence-electron chi connectivity index (χ2n) is 7.65. The predicted octanol–water partition coefficient (Wildman–Crippen LogP) is 3.26. The van der Waals surface area contributed by atoms with Gasteiger partial charge in [-0.05, 0) is 43.2 Å². The van der Waals surface area contributed by atoms with Crippen molar-refractivity contribution in [2.24, 2.45) is 0 Å². The molecular formula is C22H24Cl2N4O3. The second kappa shape index (κ2) is 9.85. The largest absolute Gasteiger partial charge is 0.376 e. The summed E-state index contributed by atoms with van der Waals surface area (Å²) < 4.78 is 5.52. The molecule has 9 heteroatoms. The molecule has 0 radical (unpaired) electrons. The smallest absolute Gasteiger partial charge is 0.255 e. The number of rotatable bonds is 5. The molecule has 2 amide bonds. The van der Waals surface area contributed by atoms with Gasteiger partial charge in [-0.3, -0.25) is 9.59 Å². The molecule has 1 aromatic carbocycles. The highest BCUT2D eigenvalue weighted by Crippen LogP contribution is 2.23. The number of pyridine rings is 1. The van der Waals surface area contributed by atoms with Crippen LogP contribution in [0.25, 0.3) is 0 Å². The Balaban J connectivity index is 1.31. The van der Waals surface area contributed by atoms with E-state index in [4.69, 9.17) is 27.9 Å². The summed E-state index contributed by atoms with van der Waals surface area (Å²) in [7, 11) is 0. The summed E-state index contributed by atoms with van der Waals surface area (Å²) >= 11 is 12.2. The van der Waals surface area contributed by atoms with Crippen LogP contribution >= 0.6 is 23.2 Å². The van der Waals surface area contributed by atoms with Gasteiger partial charge in [-0.25, -0.2) is 4.98 Å². The first kappa shape index (κ1) is 21.9. The molecule has 2 aliphatic rings. The van der Waals surface area contributed by atoms with Crippen molar-refractivity contribution in [3.63, 3.8) is 0 Å². The Morgan fingerprint density at radius 2 is 1.94 bits per heavy atom. The molecule has 0 saturated carbocycles. The van der Waals surface area contributed by atoms with Gasteiger partial charge in [0.2, 0.25) is 0 Å². The average Bonchev–Trinajstić information content (AvgIpc) is 3.32. The van der Waals surface area contributed by atoms with Crippen LogP contribution in [0.1, 0.15) is 33.6 Å². The van der Waals surface area contributed by atoms with Crippen LogP contribution in [-0.2, 0) is 4.74 Å². The molecule has 1 atom stereocenters. The number of amides is 2. The molecule has 0 spiro atoms. The number of piperazine rings is 1. The minimum absolute atomic E-state index is 0.108. The van der Waals surface area contributed by atoms with Crippen molar-refractivity contribution >= 4 is 40.8 Å². The fraction of sp³-hybridized carbons (Fsp3) is 0.409. The molecule has 7 nitrogen and oxygen atoms in total. The molecule has 4 rings (SSSR count). The van der Waals surface area contributed by atoms with Crippen LogP contribution in [0.2, 0.25) is 10.0 Å². The third kappa shape index (κ3) is 5.29. The summed E-state index contributed by atoms with van der Waals surface area (Å²) in [5, 5.41) is 3.78. The van der Waals surface area contributed by atoms with Crippen molar-refractivity contribution in [2.45, 2.75) is 18.9 Å². The van der Waals surface area contributed by atoms with Gasteiger partial charge >= 0.3 is 0 Å². The summed E-state index contributed by atoms with van der Waals surface area (Å²) in [6.45, 7) is 3.66. The van der Waals surface area contributed by atoms with Gasteiger partial charge in [0.25, 0.3) is 11.8 Å². The van der Waals surface area contributed by atoms with E-state index in [1.807, 2.05) is 6.07 Å². The number of carbonyl (C=O) groups is 2. The lowest BCUT2D eigenvalue weighted by Gasteiger charge is -2.35. The van der Waals surface area contributed by atoms with Gasteiger partial charge in [0.15, 0.2) is 0 Å². The third-order valence-corrected chi connectivity index (χ3v) is 6.14. The maximum Gasteiger partial charge on any atom is 0.255 e. The molecule has 1 aromatic heterocycles. The summed E-state index contributed by atoms with van der Waals surface area (Å²) in [4.78, 5) is 33.4. The van der Waals surface area contributed by atoms with E-state index in [2.05, 4.69) is 15.2 Å². The highest BCUT2D eigenvalue weighted by atomic mass is 35.5. The second-order valence-corrected chi connectivity index (χ2v) is 8.50. The van der Waals surface area contributed by atoms with Crippen LogP contribution in [0, 0.1) is 0 Å². The zero-order valence-corrected chi connectivity index (χ0v) is 18.5. The Kier molecular flexibility index (Phi) is 6.95. The van der Waals surface area contributed by atoms with Crippen LogP contribution in [0.3, 0.4) is 0 Å². The number of anilines is 1. The van der Waals surface area contributed by atoms with E-state index >= 15 is 0 Å². The molecular weight excluding hydrogens is 439 g/mol. The number of benzene rings is 1. The highest BCUT2D eigenvalue weighted by Gasteiger charge is 2.24. The fourth-order valence-corrected chi connectivity index (χ4v) is 4.16. The molecule has 3 heterocycles. The van der Waals surface area contributed by atoms with Crippen LogP contribution in [0.5, 0.6) is 0 Å². The summed E-state index contributed by atoms with van der Waals surface area (Å²) in [6.07, 6.45) is 3.72. The van der Waals surface area contributed by atoms with Crippen molar-refractivity contribution in [2.75, 3.05) is 44.2 Å². The first-order valence-corrected chi connectivity index (χ1v) is 11.1. The van der Waals surface area contributed by atoms with Gasteiger partial charge in [-0.15, -0.1) is 0 Å². The number of hydrogen-bond donors (Lipinski definition) is 1. The van der Waals surface area contributed by atoms with Crippen molar-refractivity contribution in [3.8, 4) is 0 Å². The molecule has 0 aliphatic carbocycles. The normalized spacial score (nSPS) is 18.8. The molecule has 2 aromatic rings. The van der Waals surface area contributed by atoms with E-state index in [1.54, 1.807) is 35.4 Å². The summed E-state index contributed by atoms with van der Waals surface area (Å²) in [5.41, 5.74) is 0.935. The highest BCUT2D eigenvalue weighted by molar-refractivity contribution is 6.35. The summed E-state index contributed by atoms with van der Waals surface area (Å²) in [5.74, 6) is 0.505. The lowest BCUT2D eigenvalue weighted by molar-refractivity contribution is 0.0746. The van der Waals surface area contributed by atoms with Gasteiger partial charge in [-0.1, -0.05) is 23.2 Å². The number of halogens is 2. The average molecular weight is 463 g/mol. The van der Waals surface area contributed by atoms with Crippen LogP contribution in [0.15, 0.2) is 36.5 Å². The lowest BCUT2D eigenvalue weighted by atomic mass is 10.1. The van der Waals surface area contributed by atoms with Gasteiger partial charge in [0, 0.05) is 50.6 Å². The first-order valence-electron chi connectivity index (χ1n) is 10.4. The molecule has 164 valence electrons. The van der Waals surface area contributed by atoms with Crippen molar-refractivity contribution in [3.05, 3.63) is 57.7 Å². The van der Waals surface area contributed by atoms with Gasteiger partial charge in [0.05, 0.1) is 22.3 Å². The van der Waals surface area contributed by atoms with E-state index in [0.717, 1.165) is 25.3 Å². The molecule has 1 N–H and O–H groups in total. The van der Waals surface area contributed by atoms with Crippen LogP contribution < -0.4 is 10.2 Å². The third-order valence-electron chi connectivity index (χ3n) is 5.57. The van der Waals surface area contributed by atoms with Gasteiger partial charge in [-0.2, -0.15) is 0 Å². The van der Waals surface area contributed by atoms with Gasteiger partial charge in [0.1, 0.15) is 5.82 Å². The van der Waals surface area contributed by atoms with Crippen molar-refractivity contribution in [1.29, 1.82) is 0 Å². The quantitative estimate of drug-likeness (QED) is 0.737. The van der Waals surface area contributed by atoms with E-state index in [9.17, 15) is 9.59 Å². The van der Waals surface area contributed by atoms with Crippen molar-refractivity contribution in [1.82, 2.24) is 15.2 Å². The van der Waals surface area contributed by atoms with Crippen LogP contribution in [0.4, 0.5) is 5.82 Å². The fourth-order valence-electron chi connectivity index (χ4n) is 3.79. The molecule has 2 aliphatic heterocycles.